The van der Waals surface area contributed by atoms with E-state index in [1.165, 1.54) is 11.8 Å². The van der Waals surface area contributed by atoms with Crippen molar-refractivity contribution in [3.63, 3.8) is 0 Å². The Balaban J connectivity index is 1.30. The molecule has 2 aliphatic rings. The number of thioether (sulfide) groups is 1. The van der Waals surface area contributed by atoms with Crippen molar-refractivity contribution in [2.45, 2.75) is 62.9 Å². The molecule has 2 aliphatic carbocycles. The quantitative estimate of drug-likeness (QED) is 0.212. The van der Waals surface area contributed by atoms with Gasteiger partial charge in [0, 0.05) is 37.1 Å². The maximum atomic E-state index is 12.7. The molecule has 8 nitrogen and oxygen atoms in total. The van der Waals surface area contributed by atoms with Gasteiger partial charge in [-0.2, -0.15) is 0 Å². The minimum Gasteiger partial charge on any atom is -0.501 e. The van der Waals surface area contributed by atoms with Crippen molar-refractivity contribution in [2.24, 2.45) is 5.92 Å². The first-order valence-corrected chi connectivity index (χ1v) is 14.3. The molecule has 0 radical (unpaired) electrons. The summed E-state index contributed by atoms with van der Waals surface area (Å²) in [5.41, 5.74) is 8.33. The van der Waals surface area contributed by atoms with Gasteiger partial charge in [0.1, 0.15) is 5.82 Å². The summed E-state index contributed by atoms with van der Waals surface area (Å²) >= 11 is 1.38. The summed E-state index contributed by atoms with van der Waals surface area (Å²) in [5.74, 6) is 2.79. The number of allylic oxidation sites excluding steroid dienone is 6. The highest BCUT2D eigenvalue weighted by molar-refractivity contribution is 7.99. The number of ketones is 1. The number of nitrogens with zero attached hydrogens (tertiary/aromatic N) is 3. The molecule has 1 atom stereocenters. The number of ether oxygens (including phenoxy) is 1. The average molecular weight is 536 g/mol. The molecular weight excluding hydrogens is 498 g/mol. The molecule has 0 saturated heterocycles. The molecular formula is C29H37N5O3S. The van der Waals surface area contributed by atoms with Crippen molar-refractivity contribution >= 4 is 29.1 Å². The SMILES string of the molecule is COC1=CCC(CNC(=O)CCCCc2nnc(SCC(=O)C3=CCCC=C3)n2-c2cccc(N)c2)CC1. The van der Waals surface area contributed by atoms with Gasteiger partial charge in [0.15, 0.2) is 10.9 Å². The Morgan fingerprint density at radius 3 is 2.84 bits per heavy atom. The molecule has 0 bridgehead atoms. The number of anilines is 1. The normalized spacial score (nSPS) is 17.0. The summed E-state index contributed by atoms with van der Waals surface area (Å²) < 4.78 is 7.27. The molecule has 1 aromatic heterocycles. The molecule has 9 heteroatoms. The lowest BCUT2D eigenvalue weighted by atomic mass is 9.93. The second-order valence-corrected chi connectivity index (χ2v) is 10.6. The predicted octanol–water partition coefficient (Wildman–Crippen LogP) is 4.95. The lowest BCUT2D eigenvalue weighted by Crippen LogP contribution is -2.29. The number of hydrogen-bond donors (Lipinski definition) is 2. The summed E-state index contributed by atoms with van der Waals surface area (Å²) in [6.07, 6.45) is 15.6. The summed E-state index contributed by atoms with van der Waals surface area (Å²) in [5, 5.41) is 12.6. The minimum absolute atomic E-state index is 0.0871. The van der Waals surface area contributed by atoms with E-state index < -0.39 is 0 Å². The number of nitrogens with one attached hydrogen (secondary N) is 1. The molecule has 0 fully saturated rings. The van der Waals surface area contributed by atoms with Crippen LogP contribution in [0.25, 0.3) is 5.69 Å². The van der Waals surface area contributed by atoms with Crippen molar-refractivity contribution in [1.82, 2.24) is 20.1 Å². The third-order valence-corrected chi connectivity index (χ3v) is 7.79. The first-order chi connectivity index (χ1) is 18.5. The molecule has 3 N–H and O–H groups in total. The van der Waals surface area contributed by atoms with Gasteiger partial charge in [-0.05, 0) is 68.7 Å². The van der Waals surface area contributed by atoms with Crippen molar-refractivity contribution in [3.05, 3.63) is 65.7 Å². The second-order valence-electron chi connectivity index (χ2n) is 9.71. The van der Waals surface area contributed by atoms with Crippen LogP contribution in [0.4, 0.5) is 5.69 Å². The van der Waals surface area contributed by atoms with E-state index in [-0.39, 0.29) is 11.7 Å². The molecule has 2 aromatic rings. The lowest BCUT2D eigenvalue weighted by Gasteiger charge is -2.21. The number of nitrogen functional groups attached to an aromatic ring is 1. The fraction of sp³-hybridized carbons (Fsp3) is 0.448. The monoisotopic (exact) mass is 535 g/mol. The first-order valence-electron chi connectivity index (χ1n) is 13.4. The largest absolute Gasteiger partial charge is 0.501 e. The van der Waals surface area contributed by atoms with Crippen molar-refractivity contribution in [3.8, 4) is 5.69 Å². The zero-order valence-electron chi connectivity index (χ0n) is 22.0. The zero-order chi connectivity index (χ0) is 26.7. The van der Waals surface area contributed by atoms with E-state index in [9.17, 15) is 9.59 Å². The number of rotatable bonds is 13. The van der Waals surface area contributed by atoms with E-state index in [1.807, 2.05) is 47.1 Å². The number of nitrogens with two attached hydrogens (primary N) is 1. The Morgan fingerprint density at radius 2 is 2.11 bits per heavy atom. The number of hydrogen-bond acceptors (Lipinski definition) is 7. The molecule has 0 saturated carbocycles. The fourth-order valence-corrected chi connectivity index (χ4v) is 5.53. The average Bonchev–Trinajstić information content (AvgIpc) is 3.36. The molecule has 202 valence electrons. The molecule has 0 aliphatic heterocycles. The van der Waals surface area contributed by atoms with Crippen LogP contribution in [0.1, 0.15) is 57.2 Å². The van der Waals surface area contributed by atoms with E-state index in [0.29, 0.717) is 41.9 Å². The van der Waals surface area contributed by atoms with Crippen molar-refractivity contribution < 1.29 is 14.3 Å². The number of methoxy groups -OCH3 is 1. The van der Waals surface area contributed by atoms with Gasteiger partial charge in [-0.25, -0.2) is 0 Å². The fourth-order valence-electron chi connectivity index (χ4n) is 4.66. The highest BCUT2D eigenvalue weighted by Crippen LogP contribution is 2.26. The smallest absolute Gasteiger partial charge is 0.220 e. The summed E-state index contributed by atoms with van der Waals surface area (Å²) in [7, 11) is 1.71. The molecule has 1 unspecified atom stereocenters. The van der Waals surface area contributed by atoms with Gasteiger partial charge in [0.25, 0.3) is 0 Å². The Labute approximate surface area is 228 Å². The Bertz CT molecular complexity index is 1220. The Kier molecular flexibility index (Phi) is 10.2. The van der Waals surface area contributed by atoms with Crippen LogP contribution in [0.5, 0.6) is 0 Å². The maximum Gasteiger partial charge on any atom is 0.220 e. The highest BCUT2D eigenvalue weighted by atomic mass is 32.2. The Hall–Kier alpha value is -3.33. The highest BCUT2D eigenvalue weighted by Gasteiger charge is 2.18. The van der Waals surface area contributed by atoms with Crippen LogP contribution >= 0.6 is 11.8 Å². The minimum atomic E-state index is 0.0871. The van der Waals surface area contributed by atoms with Gasteiger partial charge in [-0.3, -0.25) is 14.2 Å². The third-order valence-electron chi connectivity index (χ3n) is 6.86. The number of benzene rings is 1. The summed E-state index contributed by atoms with van der Waals surface area (Å²) in [4.78, 5) is 25.1. The van der Waals surface area contributed by atoms with Crippen LogP contribution in [0.2, 0.25) is 0 Å². The van der Waals surface area contributed by atoms with E-state index >= 15 is 0 Å². The van der Waals surface area contributed by atoms with Gasteiger partial charge in [0.05, 0.1) is 24.3 Å². The second kappa shape index (κ2) is 14.0. The molecule has 4 rings (SSSR count). The number of unbranched alkanes of at least 4 members (excludes halogenated alkanes) is 1. The van der Waals surface area contributed by atoms with Gasteiger partial charge in [-0.1, -0.05) is 36.1 Å². The van der Waals surface area contributed by atoms with Gasteiger partial charge in [-0.15, -0.1) is 10.2 Å². The number of amides is 1. The maximum absolute atomic E-state index is 12.7. The van der Waals surface area contributed by atoms with Crippen LogP contribution < -0.4 is 11.1 Å². The standard InChI is InChI=1S/C29H37N5O3S/c1-37-25-16-14-21(15-17-25)19-31-28(36)13-6-5-12-27-32-33-29(34(27)24-11-7-10-23(30)18-24)38-20-26(35)22-8-3-2-4-9-22/h3,7-11,16,18,21H,2,4-6,12-15,17,19-20,30H2,1H3,(H,31,36). The molecule has 1 heterocycles. The van der Waals surface area contributed by atoms with Gasteiger partial charge in [0.2, 0.25) is 5.91 Å². The topological polar surface area (TPSA) is 112 Å². The molecule has 1 aromatic carbocycles. The van der Waals surface area contributed by atoms with Gasteiger partial charge < -0.3 is 15.8 Å². The van der Waals surface area contributed by atoms with E-state index in [0.717, 1.165) is 67.8 Å². The summed E-state index contributed by atoms with van der Waals surface area (Å²) in [6.45, 7) is 0.710. The molecule has 0 spiro atoms. The van der Waals surface area contributed by atoms with E-state index in [4.69, 9.17) is 10.5 Å². The zero-order valence-corrected chi connectivity index (χ0v) is 22.8. The van der Waals surface area contributed by atoms with Crippen LogP contribution in [-0.2, 0) is 20.7 Å². The summed E-state index contributed by atoms with van der Waals surface area (Å²) in [6, 6.07) is 7.58. The number of aromatic nitrogens is 3. The number of carbonyl (C=O) groups is 2. The molecule has 38 heavy (non-hydrogen) atoms. The van der Waals surface area contributed by atoms with Crippen LogP contribution in [0.3, 0.4) is 0 Å². The van der Waals surface area contributed by atoms with Crippen molar-refractivity contribution in [2.75, 3.05) is 25.1 Å². The van der Waals surface area contributed by atoms with E-state index in [2.05, 4.69) is 21.6 Å². The predicted molar refractivity (Wildman–Crippen MR) is 151 cm³/mol. The van der Waals surface area contributed by atoms with Crippen molar-refractivity contribution in [1.29, 1.82) is 0 Å². The molecule has 1 amide bonds. The number of carbonyl (C=O) groups excluding carboxylic acids is 2. The number of Topliss-reactive ketones (excluding diaryl/α,β-unsaturated/α-hetero) is 1. The van der Waals surface area contributed by atoms with Crippen LogP contribution in [0.15, 0.2) is 65.1 Å². The van der Waals surface area contributed by atoms with E-state index in [1.54, 1.807) is 7.11 Å². The third kappa shape index (κ3) is 7.84. The Morgan fingerprint density at radius 1 is 1.21 bits per heavy atom. The number of aryl methyl sites for hydroxylation is 1. The van der Waals surface area contributed by atoms with Gasteiger partial charge >= 0.3 is 0 Å². The van der Waals surface area contributed by atoms with Crippen LogP contribution in [0, 0.1) is 5.92 Å². The van der Waals surface area contributed by atoms with Crippen LogP contribution in [-0.4, -0.2) is 45.9 Å². The first kappa shape index (κ1) is 27.7. The lowest BCUT2D eigenvalue weighted by molar-refractivity contribution is -0.121.